The molecule has 5 N–H and O–H groups in total. The van der Waals surface area contributed by atoms with E-state index in [1.54, 1.807) is 0 Å². The predicted octanol–water partition coefficient (Wildman–Crippen LogP) is 1.29. The van der Waals surface area contributed by atoms with Crippen molar-refractivity contribution in [3.63, 3.8) is 0 Å². The van der Waals surface area contributed by atoms with Gasteiger partial charge in [0.25, 0.3) is 0 Å². The number of phosphoric ester groups is 1. The number of phosphoric acid groups is 1. The van der Waals surface area contributed by atoms with Crippen LogP contribution in [-0.4, -0.2) is 32.1 Å². The molecule has 0 aliphatic heterocycles. The maximum Gasteiger partial charge on any atom is 0.524 e. The quantitative estimate of drug-likeness (QED) is 0.520. The van der Waals surface area contributed by atoms with Crippen molar-refractivity contribution in [2.75, 3.05) is 6.54 Å². The van der Waals surface area contributed by atoms with Gasteiger partial charge in [0.15, 0.2) is 11.5 Å². The standard InChI is InChI=1S/C12H20NO6P/c1-12(2,3)13-7-10(15)8-4-5-9(14)11(6-8)19-20(16,17)18/h4-6,10,13-15H,7H2,1-3H3,(H2,16,17,18). The second-order valence-corrected chi connectivity index (χ2v) is 6.62. The van der Waals surface area contributed by atoms with E-state index in [4.69, 9.17) is 9.79 Å². The predicted molar refractivity (Wildman–Crippen MR) is 73.5 cm³/mol. The summed E-state index contributed by atoms with van der Waals surface area (Å²) in [6, 6.07) is 3.86. The summed E-state index contributed by atoms with van der Waals surface area (Å²) < 4.78 is 15.1. The SMILES string of the molecule is CC(C)(C)NCC(O)c1ccc(O)c(OP(=O)(O)O)c1. The van der Waals surface area contributed by atoms with Crippen molar-refractivity contribution in [3.8, 4) is 11.5 Å². The molecule has 0 saturated carbocycles. The van der Waals surface area contributed by atoms with Gasteiger partial charge in [-0.2, -0.15) is 0 Å². The molecule has 20 heavy (non-hydrogen) atoms. The number of hydrogen-bond donors (Lipinski definition) is 5. The first-order valence-corrected chi connectivity index (χ1v) is 7.52. The van der Waals surface area contributed by atoms with Crippen molar-refractivity contribution in [1.82, 2.24) is 5.32 Å². The molecule has 0 aliphatic rings. The smallest absolute Gasteiger partial charge is 0.504 e. The summed E-state index contributed by atoms with van der Waals surface area (Å²) in [7, 11) is -4.76. The van der Waals surface area contributed by atoms with Gasteiger partial charge in [-0.3, -0.25) is 9.79 Å². The maximum atomic E-state index is 10.8. The number of phenolic OH excluding ortho intramolecular Hbond substituents is 1. The van der Waals surface area contributed by atoms with Gasteiger partial charge in [-0.15, -0.1) is 0 Å². The highest BCUT2D eigenvalue weighted by atomic mass is 31.2. The second kappa shape index (κ2) is 6.11. The molecule has 0 radical (unpaired) electrons. The summed E-state index contributed by atoms with van der Waals surface area (Å²) in [5.74, 6) is -0.779. The van der Waals surface area contributed by atoms with E-state index in [9.17, 15) is 14.8 Å². The van der Waals surface area contributed by atoms with Gasteiger partial charge in [-0.25, -0.2) is 4.57 Å². The van der Waals surface area contributed by atoms with Gasteiger partial charge in [0.1, 0.15) is 0 Å². The summed E-state index contributed by atoms with van der Waals surface area (Å²) in [5, 5.41) is 22.6. The van der Waals surface area contributed by atoms with Crippen LogP contribution in [0.15, 0.2) is 18.2 Å². The number of aromatic hydroxyl groups is 1. The zero-order chi connectivity index (χ0) is 15.6. The molecule has 8 heteroatoms. The van der Waals surface area contributed by atoms with Crippen LogP contribution in [0.4, 0.5) is 0 Å². The van der Waals surface area contributed by atoms with Crippen LogP contribution in [0, 0.1) is 0 Å². The molecule has 0 aliphatic carbocycles. The highest BCUT2D eigenvalue weighted by Crippen LogP contribution is 2.42. The number of nitrogens with one attached hydrogen (secondary N) is 1. The lowest BCUT2D eigenvalue weighted by molar-refractivity contribution is 0.163. The third kappa shape index (κ3) is 5.90. The Balaban J connectivity index is 2.86. The first kappa shape index (κ1) is 16.9. The average molecular weight is 305 g/mol. The van der Waals surface area contributed by atoms with Crippen LogP contribution in [0.5, 0.6) is 11.5 Å². The van der Waals surface area contributed by atoms with E-state index in [0.717, 1.165) is 0 Å². The summed E-state index contributed by atoms with van der Waals surface area (Å²) >= 11 is 0. The van der Waals surface area contributed by atoms with Gasteiger partial charge < -0.3 is 20.1 Å². The molecular formula is C12H20NO6P. The molecule has 0 saturated heterocycles. The van der Waals surface area contributed by atoms with Crippen LogP contribution < -0.4 is 9.84 Å². The minimum absolute atomic E-state index is 0.177. The van der Waals surface area contributed by atoms with Crippen molar-refractivity contribution < 1.29 is 29.1 Å². The largest absolute Gasteiger partial charge is 0.524 e. The van der Waals surface area contributed by atoms with Gasteiger partial charge in [0.2, 0.25) is 0 Å². The van der Waals surface area contributed by atoms with Gasteiger partial charge in [-0.1, -0.05) is 6.07 Å². The summed E-state index contributed by atoms with van der Waals surface area (Å²) in [6.07, 6.45) is -0.894. The van der Waals surface area contributed by atoms with E-state index in [1.165, 1.54) is 18.2 Å². The lowest BCUT2D eigenvalue weighted by Crippen LogP contribution is -2.38. The Morgan fingerprint density at radius 3 is 2.45 bits per heavy atom. The van der Waals surface area contributed by atoms with Crippen molar-refractivity contribution >= 4 is 7.82 Å². The Morgan fingerprint density at radius 2 is 1.95 bits per heavy atom. The van der Waals surface area contributed by atoms with Gasteiger partial charge in [-0.05, 0) is 38.5 Å². The Kier molecular flexibility index (Phi) is 5.18. The van der Waals surface area contributed by atoms with Gasteiger partial charge in [0, 0.05) is 12.1 Å². The molecule has 0 bridgehead atoms. The molecule has 0 aromatic heterocycles. The number of benzene rings is 1. The average Bonchev–Trinajstić information content (AvgIpc) is 2.26. The molecule has 114 valence electrons. The van der Waals surface area contributed by atoms with Crippen LogP contribution in [-0.2, 0) is 4.57 Å². The van der Waals surface area contributed by atoms with Gasteiger partial charge in [0.05, 0.1) is 6.10 Å². The molecule has 1 unspecified atom stereocenters. The molecule has 1 atom stereocenters. The molecule has 1 aromatic rings. The van der Waals surface area contributed by atoms with E-state index >= 15 is 0 Å². The van der Waals surface area contributed by atoms with Crippen molar-refractivity contribution in [2.24, 2.45) is 0 Å². The number of phenols is 1. The number of aliphatic hydroxyl groups is 1. The number of β-amino-alcohol motifs (C(OH)–C–C–N with tert-alkyl or cyclic N) is 1. The third-order valence-corrected chi connectivity index (χ3v) is 2.85. The molecule has 1 rings (SSSR count). The highest BCUT2D eigenvalue weighted by molar-refractivity contribution is 7.46. The highest BCUT2D eigenvalue weighted by Gasteiger charge is 2.20. The third-order valence-electron chi connectivity index (χ3n) is 2.41. The van der Waals surface area contributed by atoms with E-state index in [2.05, 4.69) is 9.84 Å². The van der Waals surface area contributed by atoms with Crippen LogP contribution in [0.25, 0.3) is 0 Å². The first-order valence-electron chi connectivity index (χ1n) is 5.99. The van der Waals surface area contributed by atoms with Crippen LogP contribution >= 0.6 is 7.82 Å². The zero-order valence-corrected chi connectivity index (χ0v) is 12.5. The lowest BCUT2D eigenvalue weighted by atomic mass is 10.1. The molecule has 0 heterocycles. The normalized spacial score (nSPS) is 14.1. The topological polar surface area (TPSA) is 119 Å². The fourth-order valence-corrected chi connectivity index (χ4v) is 1.86. The van der Waals surface area contributed by atoms with Gasteiger partial charge >= 0.3 is 7.82 Å². The Morgan fingerprint density at radius 1 is 1.35 bits per heavy atom. The van der Waals surface area contributed by atoms with Crippen LogP contribution in [0.3, 0.4) is 0 Å². The van der Waals surface area contributed by atoms with E-state index in [0.29, 0.717) is 5.56 Å². The second-order valence-electron chi connectivity index (χ2n) is 5.46. The molecular weight excluding hydrogens is 285 g/mol. The molecule has 0 fully saturated rings. The minimum Gasteiger partial charge on any atom is -0.504 e. The number of hydrogen-bond acceptors (Lipinski definition) is 5. The Bertz CT molecular complexity index is 507. The monoisotopic (exact) mass is 305 g/mol. The summed E-state index contributed by atoms with van der Waals surface area (Å²) in [4.78, 5) is 17.5. The maximum absolute atomic E-state index is 10.8. The summed E-state index contributed by atoms with van der Waals surface area (Å²) in [5.41, 5.74) is 0.200. The molecule has 7 nitrogen and oxygen atoms in total. The number of aliphatic hydroxyl groups excluding tert-OH is 1. The number of rotatable bonds is 5. The molecule has 0 spiro atoms. The fraction of sp³-hybridized carbons (Fsp3) is 0.500. The van der Waals surface area contributed by atoms with E-state index in [1.807, 2.05) is 20.8 Å². The van der Waals surface area contributed by atoms with E-state index < -0.39 is 19.7 Å². The van der Waals surface area contributed by atoms with Crippen LogP contribution in [0.1, 0.15) is 32.4 Å². The van der Waals surface area contributed by atoms with Crippen molar-refractivity contribution in [2.45, 2.75) is 32.4 Å². The zero-order valence-electron chi connectivity index (χ0n) is 11.6. The minimum atomic E-state index is -4.76. The fourth-order valence-electron chi connectivity index (χ4n) is 1.46. The lowest BCUT2D eigenvalue weighted by Gasteiger charge is -2.23. The van der Waals surface area contributed by atoms with Crippen LogP contribution in [0.2, 0.25) is 0 Å². The Labute approximate surface area is 117 Å². The first-order chi connectivity index (χ1) is 8.98. The van der Waals surface area contributed by atoms with E-state index in [-0.39, 0.29) is 17.8 Å². The van der Waals surface area contributed by atoms with Crippen molar-refractivity contribution in [1.29, 1.82) is 0 Å². The summed E-state index contributed by atoms with van der Waals surface area (Å²) in [6.45, 7) is 6.08. The molecule has 1 aromatic carbocycles. The Hall–Kier alpha value is -1.11. The van der Waals surface area contributed by atoms with Crippen molar-refractivity contribution in [3.05, 3.63) is 23.8 Å². The molecule has 0 amide bonds.